The largest absolute Gasteiger partial charge is 0.281 e. The van der Waals surface area contributed by atoms with Crippen molar-refractivity contribution in [2.24, 2.45) is 29.6 Å². The Morgan fingerprint density at radius 1 is 1.18 bits per heavy atom. The summed E-state index contributed by atoms with van der Waals surface area (Å²) in [4.78, 5) is 10.9. The molecule has 0 aliphatic heterocycles. The second-order valence-corrected chi connectivity index (χ2v) is 4.69. The number of carbonyl (C=O) groups is 1. The minimum absolute atomic E-state index is 0.0587. The molecule has 0 aromatic rings. The van der Waals surface area contributed by atoms with E-state index in [1.807, 2.05) is 0 Å². The predicted octanol–water partition coefficient (Wildman–Crippen LogP) is 2.04. The van der Waals surface area contributed by atoms with E-state index in [0.29, 0.717) is 0 Å². The van der Waals surface area contributed by atoms with E-state index >= 15 is 0 Å². The topological polar surface area (TPSA) is 17.1 Å². The van der Waals surface area contributed by atoms with Gasteiger partial charge < -0.3 is 0 Å². The maximum Gasteiger partial charge on any atom is 0.225 e. The van der Waals surface area contributed by atoms with Gasteiger partial charge in [-0.2, -0.15) is 0 Å². The van der Waals surface area contributed by atoms with Gasteiger partial charge in [0.15, 0.2) is 0 Å². The Morgan fingerprint density at radius 2 is 1.73 bits per heavy atom. The van der Waals surface area contributed by atoms with Crippen molar-refractivity contribution in [2.75, 3.05) is 0 Å². The van der Waals surface area contributed by atoms with Crippen LogP contribution in [-0.4, -0.2) is 5.24 Å². The maximum atomic E-state index is 10.9. The van der Waals surface area contributed by atoms with Gasteiger partial charge in [0, 0.05) is 5.92 Å². The van der Waals surface area contributed by atoms with Gasteiger partial charge in [0.05, 0.1) is 0 Å². The van der Waals surface area contributed by atoms with E-state index in [0.717, 1.165) is 23.7 Å². The van der Waals surface area contributed by atoms with Crippen LogP contribution in [0.4, 0.5) is 0 Å². The average Bonchev–Trinajstić information content (AvgIpc) is 2.44. The van der Waals surface area contributed by atoms with Crippen LogP contribution < -0.4 is 0 Å². The van der Waals surface area contributed by atoms with Crippen molar-refractivity contribution in [1.29, 1.82) is 0 Å². The summed E-state index contributed by atoms with van der Waals surface area (Å²) < 4.78 is 0. The summed E-state index contributed by atoms with van der Waals surface area (Å²) >= 11 is 5.50. The molecule has 11 heavy (non-hydrogen) atoms. The van der Waals surface area contributed by atoms with Crippen LogP contribution in [0.15, 0.2) is 0 Å². The first-order chi connectivity index (χ1) is 5.29. The molecule has 1 nitrogen and oxygen atoms in total. The smallest absolute Gasteiger partial charge is 0.225 e. The van der Waals surface area contributed by atoms with Crippen LogP contribution in [0.1, 0.15) is 19.3 Å². The van der Waals surface area contributed by atoms with Gasteiger partial charge in [-0.1, -0.05) is 0 Å². The summed E-state index contributed by atoms with van der Waals surface area (Å²) in [5, 5.41) is -0.0587. The van der Waals surface area contributed by atoms with Crippen LogP contribution in [0.3, 0.4) is 0 Å². The highest BCUT2D eigenvalue weighted by molar-refractivity contribution is 6.64. The van der Waals surface area contributed by atoms with Crippen molar-refractivity contribution >= 4 is 16.8 Å². The molecule has 3 aliphatic rings. The minimum atomic E-state index is -0.0587. The van der Waals surface area contributed by atoms with E-state index in [1.165, 1.54) is 19.3 Å². The fraction of sp³-hybridized carbons (Fsp3) is 0.889. The van der Waals surface area contributed by atoms with Gasteiger partial charge in [-0.3, -0.25) is 4.79 Å². The molecular weight excluding hydrogens is 160 g/mol. The lowest BCUT2D eigenvalue weighted by Crippen LogP contribution is -2.03. The van der Waals surface area contributed by atoms with Crippen LogP contribution >= 0.6 is 11.6 Å². The summed E-state index contributed by atoms with van der Waals surface area (Å²) in [6, 6.07) is 0. The van der Waals surface area contributed by atoms with E-state index in [2.05, 4.69) is 0 Å². The van der Waals surface area contributed by atoms with Crippen molar-refractivity contribution in [2.45, 2.75) is 19.3 Å². The first-order valence-electron chi connectivity index (χ1n) is 4.48. The molecule has 0 aromatic carbocycles. The second kappa shape index (κ2) is 1.82. The first-order valence-corrected chi connectivity index (χ1v) is 4.86. The fourth-order valence-corrected chi connectivity index (χ4v) is 3.92. The van der Waals surface area contributed by atoms with Gasteiger partial charge in [-0.25, -0.2) is 0 Å². The predicted molar refractivity (Wildman–Crippen MR) is 42.2 cm³/mol. The molecule has 0 heterocycles. The molecule has 0 radical (unpaired) electrons. The molecule has 0 saturated heterocycles. The van der Waals surface area contributed by atoms with Gasteiger partial charge >= 0.3 is 0 Å². The highest BCUT2D eigenvalue weighted by atomic mass is 35.5. The van der Waals surface area contributed by atoms with E-state index in [-0.39, 0.29) is 11.2 Å². The molecule has 0 N–H and O–H groups in total. The highest BCUT2D eigenvalue weighted by Crippen LogP contribution is 2.69. The molecule has 3 aliphatic carbocycles. The molecule has 3 saturated carbocycles. The molecule has 0 spiro atoms. The Bertz CT molecular complexity index is 210. The third-order valence-electron chi connectivity index (χ3n) is 4.00. The lowest BCUT2D eigenvalue weighted by atomic mass is 10.0. The Kier molecular flexibility index (Phi) is 1.07. The second-order valence-electron chi connectivity index (χ2n) is 4.32. The summed E-state index contributed by atoms with van der Waals surface area (Å²) in [5.74, 6) is 3.47. The highest BCUT2D eigenvalue weighted by Gasteiger charge is 2.67. The van der Waals surface area contributed by atoms with Gasteiger partial charge in [-0.05, 0) is 54.5 Å². The van der Waals surface area contributed by atoms with Crippen molar-refractivity contribution in [3.05, 3.63) is 0 Å². The number of rotatable bonds is 1. The molecule has 2 heteroatoms. The normalized spacial score (nSPS) is 57.7. The van der Waals surface area contributed by atoms with E-state index < -0.39 is 0 Å². The van der Waals surface area contributed by atoms with E-state index in [9.17, 15) is 4.79 Å². The van der Waals surface area contributed by atoms with Crippen molar-refractivity contribution in [1.82, 2.24) is 0 Å². The molecule has 4 unspecified atom stereocenters. The summed E-state index contributed by atoms with van der Waals surface area (Å²) in [7, 11) is 0. The summed E-state index contributed by atoms with van der Waals surface area (Å²) in [5.41, 5.74) is 0. The number of hydrogen-bond donors (Lipinski definition) is 0. The van der Waals surface area contributed by atoms with Gasteiger partial charge in [0.1, 0.15) is 0 Å². The minimum Gasteiger partial charge on any atom is -0.281 e. The van der Waals surface area contributed by atoms with E-state index in [1.54, 1.807) is 0 Å². The molecule has 60 valence electrons. The molecule has 3 rings (SSSR count). The fourth-order valence-electron chi connectivity index (χ4n) is 3.63. The van der Waals surface area contributed by atoms with Crippen molar-refractivity contribution in [3.8, 4) is 0 Å². The van der Waals surface area contributed by atoms with Crippen molar-refractivity contribution in [3.63, 3.8) is 0 Å². The first kappa shape index (κ1) is 6.47. The van der Waals surface area contributed by atoms with Crippen LogP contribution in [0, 0.1) is 29.6 Å². The van der Waals surface area contributed by atoms with Crippen LogP contribution in [0.2, 0.25) is 0 Å². The lowest BCUT2D eigenvalue weighted by molar-refractivity contribution is -0.113. The number of halogens is 1. The standard InChI is InChI=1S/C9H11ClO/c10-9(11)8-6-4-1-2-5(3-4)7(6)8/h4-8H,1-3H2. The molecule has 4 atom stereocenters. The molecule has 0 aromatic heterocycles. The molecular formula is C9H11ClO. The zero-order chi connectivity index (χ0) is 7.59. The average molecular weight is 171 g/mol. The number of hydrogen-bond acceptors (Lipinski definition) is 1. The number of fused-ring (bicyclic) bond motifs is 5. The Balaban J connectivity index is 1.86. The summed E-state index contributed by atoms with van der Waals surface area (Å²) in [6.07, 6.45) is 4.13. The SMILES string of the molecule is O=C(Cl)C1C2C3CCC(C3)C12. The van der Waals surface area contributed by atoms with Gasteiger partial charge in [-0.15, -0.1) is 0 Å². The summed E-state index contributed by atoms with van der Waals surface area (Å²) in [6.45, 7) is 0. The van der Waals surface area contributed by atoms with Gasteiger partial charge in [0.2, 0.25) is 5.24 Å². The zero-order valence-electron chi connectivity index (χ0n) is 6.29. The monoisotopic (exact) mass is 170 g/mol. The molecule has 0 amide bonds. The van der Waals surface area contributed by atoms with Crippen molar-refractivity contribution < 1.29 is 4.79 Å². The lowest BCUT2D eigenvalue weighted by Gasteiger charge is -2.04. The number of carbonyl (C=O) groups excluding carboxylic acids is 1. The van der Waals surface area contributed by atoms with Crippen LogP contribution in [0.25, 0.3) is 0 Å². The van der Waals surface area contributed by atoms with Gasteiger partial charge in [0.25, 0.3) is 0 Å². The maximum absolute atomic E-state index is 10.9. The van der Waals surface area contributed by atoms with Crippen LogP contribution in [0.5, 0.6) is 0 Å². The Morgan fingerprint density at radius 3 is 2.18 bits per heavy atom. The molecule has 2 bridgehead atoms. The Labute approximate surface area is 71.1 Å². The molecule has 3 fully saturated rings. The van der Waals surface area contributed by atoms with Crippen LogP contribution in [-0.2, 0) is 4.79 Å². The quantitative estimate of drug-likeness (QED) is 0.551. The third kappa shape index (κ3) is 0.658. The zero-order valence-corrected chi connectivity index (χ0v) is 7.05. The third-order valence-corrected chi connectivity index (χ3v) is 4.25. The van der Waals surface area contributed by atoms with E-state index in [4.69, 9.17) is 11.6 Å². The Hall–Kier alpha value is -0.0400.